The molecular weight excluding hydrogens is 187 g/mol. The summed E-state index contributed by atoms with van der Waals surface area (Å²) in [4.78, 5) is 0. The van der Waals surface area contributed by atoms with Crippen LogP contribution in [-0.4, -0.2) is 46.2 Å². The molecule has 13 heavy (non-hydrogen) atoms. The molecule has 0 aromatic heterocycles. The monoisotopic (exact) mass is 201 g/mol. The van der Waals surface area contributed by atoms with Gasteiger partial charge in [0.15, 0.2) is 0 Å². The van der Waals surface area contributed by atoms with Gasteiger partial charge in [-0.25, -0.2) is 0 Å². The van der Waals surface area contributed by atoms with Gasteiger partial charge in [0, 0.05) is 20.8 Å². The van der Waals surface area contributed by atoms with Gasteiger partial charge >= 0.3 is 6.18 Å². The molecule has 6 heteroatoms. The summed E-state index contributed by atoms with van der Waals surface area (Å²) in [5, 5.41) is 2.23. The first kappa shape index (κ1) is 12.7. The molecule has 0 aliphatic heterocycles. The Morgan fingerprint density at radius 3 is 2.31 bits per heavy atom. The van der Waals surface area contributed by atoms with Crippen LogP contribution in [0.3, 0.4) is 0 Å². The Balaban J connectivity index is 3.49. The van der Waals surface area contributed by atoms with Crippen LogP contribution in [0.2, 0.25) is 0 Å². The summed E-state index contributed by atoms with van der Waals surface area (Å²) in [6.07, 6.45) is -4.52. The summed E-state index contributed by atoms with van der Waals surface area (Å²) < 4.78 is 44.6. The number of halogens is 3. The quantitative estimate of drug-likeness (QED) is 0.689. The molecule has 3 nitrogen and oxygen atoms in total. The Bertz CT molecular complexity index is 129. The van der Waals surface area contributed by atoms with Crippen molar-refractivity contribution in [3.63, 3.8) is 0 Å². The smallest absolute Gasteiger partial charge is 0.382 e. The van der Waals surface area contributed by atoms with Gasteiger partial charge in [-0.3, -0.25) is 0 Å². The lowest BCUT2D eigenvalue weighted by Crippen LogP contribution is -2.37. The molecule has 0 aromatic rings. The zero-order chi connectivity index (χ0) is 10.3. The largest absolute Gasteiger partial charge is 0.401 e. The molecule has 0 aromatic carbocycles. The van der Waals surface area contributed by atoms with Gasteiger partial charge in [-0.2, -0.15) is 13.2 Å². The molecule has 1 unspecified atom stereocenters. The molecule has 0 rings (SSSR count). The Kier molecular flexibility index (Phi) is 6.02. The number of alkyl halides is 3. The van der Waals surface area contributed by atoms with E-state index < -0.39 is 12.7 Å². The summed E-state index contributed by atoms with van der Waals surface area (Å²) in [6.45, 7) is -0.595. The number of rotatable bonds is 6. The Morgan fingerprint density at radius 1 is 1.31 bits per heavy atom. The molecule has 0 radical (unpaired) electrons. The van der Waals surface area contributed by atoms with Gasteiger partial charge in [-0.1, -0.05) is 0 Å². The first-order valence-corrected chi connectivity index (χ1v) is 3.78. The Morgan fingerprint density at radius 2 is 1.92 bits per heavy atom. The third-order valence-electron chi connectivity index (χ3n) is 1.38. The van der Waals surface area contributed by atoms with E-state index in [2.05, 4.69) is 5.32 Å². The van der Waals surface area contributed by atoms with Crippen LogP contribution < -0.4 is 5.32 Å². The van der Waals surface area contributed by atoms with Crippen LogP contribution in [0.15, 0.2) is 0 Å². The Labute approximate surface area is 75.2 Å². The average molecular weight is 201 g/mol. The van der Waals surface area contributed by atoms with E-state index in [1.165, 1.54) is 14.2 Å². The van der Waals surface area contributed by atoms with E-state index in [4.69, 9.17) is 9.47 Å². The third kappa shape index (κ3) is 8.01. The van der Waals surface area contributed by atoms with E-state index in [9.17, 15) is 13.2 Å². The van der Waals surface area contributed by atoms with E-state index in [1.54, 1.807) is 0 Å². The standard InChI is InChI=1S/C7H14F3NO2/c1-12-4-6(13-2)3-11-5-7(8,9)10/h6,11H,3-5H2,1-2H3. The highest BCUT2D eigenvalue weighted by Crippen LogP contribution is 2.12. The van der Waals surface area contributed by atoms with Crippen LogP contribution in [0, 0.1) is 0 Å². The highest BCUT2D eigenvalue weighted by molar-refractivity contribution is 4.62. The topological polar surface area (TPSA) is 30.5 Å². The minimum Gasteiger partial charge on any atom is -0.382 e. The van der Waals surface area contributed by atoms with Crippen LogP contribution in [0.25, 0.3) is 0 Å². The molecule has 80 valence electrons. The van der Waals surface area contributed by atoms with Crippen LogP contribution >= 0.6 is 0 Å². The summed E-state index contributed by atoms with van der Waals surface area (Å²) in [5.74, 6) is 0. The summed E-state index contributed by atoms with van der Waals surface area (Å²) in [7, 11) is 2.90. The van der Waals surface area contributed by atoms with Crippen molar-refractivity contribution in [2.24, 2.45) is 0 Å². The minimum absolute atomic E-state index is 0.129. The highest BCUT2D eigenvalue weighted by atomic mass is 19.4. The lowest BCUT2D eigenvalue weighted by molar-refractivity contribution is -0.126. The van der Waals surface area contributed by atoms with Crippen LogP contribution in [0.5, 0.6) is 0 Å². The fraction of sp³-hybridized carbons (Fsp3) is 1.00. The van der Waals surface area contributed by atoms with Crippen LogP contribution in [0.1, 0.15) is 0 Å². The summed E-state index contributed by atoms with van der Waals surface area (Å²) >= 11 is 0. The minimum atomic E-state index is -4.18. The molecule has 0 heterocycles. The zero-order valence-corrected chi connectivity index (χ0v) is 7.65. The predicted molar refractivity (Wildman–Crippen MR) is 41.6 cm³/mol. The van der Waals surface area contributed by atoms with E-state index >= 15 is 0 Å². The van der Waals surface area contributed by atoms with Crippen molar-refractivity contribution in [2.75, 3.05) is 33.9 Å². The van der Waals surface area contributed by atoms with Gasteiger partial charge in [0.25, 0.3) is 0 Å². The number of methoxy groups -OCH3 is 2. The first-order valence-electron chi connectivity index (χ1n) is 3.78. The molecule has 0 aliphatic rings. The summed E-state index contributed by atoms with van der Waals surface area (Å²) in [6, 6.07) is 0. The molecule has 1 atom stereocenters. The SMILES string of the molecule is COCC(CNCC(F)(F)F)OC. The van der Waals surface area contributed by atoms with Crippen molar-refractivity contribution in [3.05, 3.63) is 0 Å². The van der Waals surface area contributed by atoms with Crippen LogP contribution in [-0.2, 0) is 9.47 Å². The molecule has 0 bridgehead atoms. The van der Waals surface area contributed by atoms with E-state index in [0.717, 1.165) is 0 Å². The molecule has 0 aliphatic carbocycles. The van der Waals surface area contributed by atoms with Gasteiger partial charge < -0.3 is 14.8 Å². The normalized spacial score (nSPS) is 14.5. The molecule has 1 N–H and O–H groups in total. The number of ether oxygens (including phenoxy) is 2. The fourth-order valence-electron chi connectivity index (χ4n) is 0.771. The van der Waals surface area contributed by atoms with Gasteiger partial charge in [-0.15, -0.1) is 0 Å². The van der Waals surface area contributed by atoms with Crippen molar-refractivity contribution >= 4 is 0 Å². The fourth-order valence-corrected chi connectivity index (χ4v) is 0.771. The molecule has 0 saturated carbocycles. The lowest BCUT2D eigenvalue weighted by Gasteiger charge is -2.15. The maximum atomic E-state index is 11.7. The third-order valence-corrected chi connectivity index (χ3v) is 1.38. The van der Waals surface area contributed by atoms with E-state index in [-0.39, 0.29) is 19.3 Å². The molecule has 0 fully saturated rings. The molecule has 0 spiro atoms. The second-order valence-electron chi connectivity index (χ2n) is 2.56. The molecule has 0 saturated heterocycles. The molecule has 0 amide bonds. The highest BCUT2D eigenvalue weighted by Gasteiger charge is 2.26. The Hall–Kier alpha value is -0.330. The number of hydrogen-bond donors (Lipinski definition) is 1. The van der Waals surface area contributed by atoms with E-state index in [1.807, 2.05) is 0 Å². The number of hydrogen-bond acceptors (Lipinski definition) is 3. The van der Waals surface area contributed by atoms with Crippen molar-refractivity contribution in [1.82, 2.24) is 5.32 Å². The maximum absolute atomic E-state index is 11.7. The van der Waals surface area contributed by atoms with Gasteiger partial charge in [0.1, 0.15) is 0 Å². The van der Waals surface area contributed by atoms with Crippen LogP contribution in [0.4, 0.5) is 13.2 Å². The van der Waals surface area contributed by atoms with E-state index in [0.29, 0.717) is 0 Å². The van der Waals surface area contributed by atoms with Gasteiger partial charge in [0.05, 0.1) is 19.3 Å². The second kappa shape index (κ2) is 6.17. The van der Waals surface area contributed by atoms with Gasteiger partial charge in [0.2, 0.25) is 0 Å². The van der Waals surface area contributed by atoms with Crippen molar-refractivity contribution < 1.29 is 22.6 Å². The average Bonchev–Trinajstić information content (AvgIpc) is 2.01. The van der Waals surface area contributed by atoms with Gasteiger partial charge in [-0.05, 0) is 0 Å². The number of nitrogens with one attached hydrogen (secondary N) is 1. The zero-order valence-electron chi connectivity index (χ0n) is 7.65. The lowest BCUT2D eigenvalue weighted by atomic mass is 10.3. The summed E-state index contributed by atoms with van der Waals surface area (Å²) in [5.41, 5.74) is 0. The van der Waals surface area contributed by atoms with Crippen molar-refractivity contribution in [1.29, 1.82) is 0 Å². The van der Waals surface area contributed by atoms with Crippen molar-refractivity contribution in [2.45, 2.75) is 12.3 Å². The second-order valence-corrected chi connectivity index (χ2v) is 2.56. The maximum Gasteiger partial charge on any atom is 0.401 e. The first-order chi connectivity index (χ1) is 5.99. The molecular formula is C7H14F3NO2. The predicted octanol–water partition coefficient (Wildman–Crippen LogP) is 0.800. The van der Waals surface area contributed by atoms with Crippen molar-refractivity contribution in [3.8, 4) is 0 Å².